The fraction of sp³-hybridized carbons (Fsp3) is 0.538. The van der Waals surface area contributed by atoms with Crippen molar-refractivity contribution < 1.29 is 8.95 Å². The predicted molar refractivity (Wildman–Crippen MR) is 72.8 cm³/mol. The van der Waals surface area contributed by atoms with Gasteiger partial charge >= 0.3 is 0 Å². The van der Waals surface area contributed by atoms with Gasteiger partial charge in [0.2, 0.25) is 0 Å². The third-order valence-corrected chi connectivity index (χ3v) is 3.84. The summed E-state index contributed by atoms with van der Waals surface area (Å²) in [6.07, 6.45) is 0. The molecule has 96 valence electrons. The van der Waals surface area contributed by atoms with Crippen molar-refractivity contribution in [1.29, 1.82) is 0 Å². The van der Waals surface area contributed by atoms with Crippen molar-refractivity contribution in [1.82, 2.24) is 5.32 Å². The lowest BCUT2D eigenvalue weighted by Crippen LogP contribution is -2.12. The van der Waals surface area contributed by atoms with Crippen molar-refractivity contribution in [2.24, 2.45) is 0 Å². The Kier molecular flexibility index (Phi) is 6.22. The van der Waals surface area contributed by atoms with E-state index in [4.69, 9.17) is 4.74 Å². The standard InChI is InChI=1S/C13H21NO2S/c1-4-14-9-11-6-7-13(16-3)12(8-11)10-17(15)5-2/h6-8,14H,4-5,9-10H2,1-3H3. The topological polar surface area (TPSA) is 38.3 Å². The summed E-state index contributed by atoms with van der Waals surface area (Å²) >= 11 is 0. The van der Waals surface area contributed by atoms with E-state index in [9.17, 15) is 4.21 Å². The molecule has 0 amide bonds. The highest BCUT2D eigenvalue weighted by Gasteiger charge is 2.07. The summed E-state index contributed by atoms with van der Waals surface area (Å²) in [5, 5.41) is 3.28. The quantitative estimate of drug-likeness (QED) is 0.810. The first kappa shape index (κ1) is 14.2. The molecule has 1 N–H and O–H groups in total. The monoisotopic (exact) mass is 255 g/mol. The highest BCUT2D eigenvalue weighted by molar-refractivity contribution is 7.84. The molecule has 1 rings (SSSR count). The number of rotatable bonds is 7. The van der Waals surface area contributed by atoms with Crippen LogP contribution in [0.4, 0.5) is 0 Å². The summed E-state index contributed by atoms with van der Waals surface area (Å²) in [6.45, 7) is 5.80. The molecular weight excluding hydrogens is 234 g/mol. The molecule has 1 unspecified atom stereocenters. The number of methoxy groups -OCH3 is 1. The lowest BCUT2D eigenvalue weighted by molar-refractivity contribution is 0.411. The molecule has 3 nitrogen and oxygen atoms in total. The molecule has 17 heavy (non-hydrogen) atoms. The summed E-state index contributed by atoms with van der Waals surface area (Å²) in [4.78, 5) is 0. The van der Waals surface area contributed by atoms with E-state index in [1.807, 2.05) is 19.1 Å². The largest absolute Gasteiger partial charge is 0.496 e. The molecule has 0 heterocycles. The van der Waals surface area contributed by atoms with Gasteiger partial charge in [0.1, 0.15) is 5.75 Å². The first-order valence-corrected chi connectivity index (χ1v) is 7.41. The molecule has 4 heteroatoms. The molecule has 0 spiro atoms. The second-order valence-electron chi connectivity index (χ2n) is 3.80. The third kappa shape index (κ3) is 4.48. The zero-order chi connectivity index (χ0) is 12.7. The average molecular weight is 255 g/mol. The van der Waals surface area contributed by atoms with Gasteiger partial charge in [-0.25, -0.2) is 0 Å². The third-order valence-electron chi connectivity index (χ3n) is 2.56. The Morgan fingerprint density at radius 2 is 2.12 bits per heavy atom. The molecule has 0 aliphatic heterocycles. The maximum absolute atomic E-state index is 11.6. The van der Waals surface area contributed by atoms with Crippen LogP contribution in [0.15, 0.2) is 18.2 Å². The Bertz CT molecular complexity index is 380. The van der Waals surface area contributed by atoms with Gasteiger partial charge < -0.3 is 10.1 Å². The zero-order valence-corrected chi connectivity index (χ0v) is 11.6. The van der Waals surface area contributed by atoms with Crippen molar-refractivity contribution in [3.05, 3.63) is 29.3 Å². The molecule has 1 aromatic carbocycles. The van der Waals surface area contributed by atoms with Crippen LogP contribution < -0.4 is 10.1 Å². The van der Waals surface area contributed by atoms with Crippen molar-refractivity contribution in [3.63, 3.8) is 0 Å². The van der Waals surface area contributed by atoms with Gasteiger partial charge in [0.25, 0.3) is 0 Å². The molecule has 0 saturated carbocycles. The van der Waals surface area contributed by atoms with E-state index in [1.165, 1.54) is 5.56 Å². The van der Waals surface area contributed by atoms with Crippen LogP contribution >= 0.6 is 0 Å². The van der Waals surface area contributed by atoms with Crippen LogP contribution in [0.5, 0.6) is 5.75 Å². The summed E-state index contributed by atoms with van der Waals surface area (Å²) in [6, 6.07) is 6.07. The van der Waals surface area contributed by atoms with Gasteiger partial charge in [-0.05, 0) is 24.2 Å². The van der Waals surface area contributed by atoms with Gasteiger partial charge in [-0.15, -0.1) is 0 Å². The Morgan fingerprint density at radius 1 is 1.35 bits per heavy atom. The SMILES string of the molecule is CCNCc1ccc(OC)c(CS(=O)CC)c1. The Hall–Kier alpha value is -0.870. The lowest BCUT2D eigenvalue weighted by atomic mass is 10.1. The van der Waals surface area contributed by atoms with E-state index >= 15 is 0 Å². The van der Waals surface area contributed by atoms with Crippen molar-refractivity contribution in [3.8, 4) is 5.75 Å². The van der Waals surface area contributed by atoms with E-state index < -0.39 is 10.8 Å². The van der Waals surface area contributed by atoms with E-state index in [2.05, 4.69) is 18.3 Å². The van der Waals surface area contributed by atoms with E-state index in [1.54, 1.807) is 7.11 Å². The van der Waals surface area contributed by atoms with E-state index in [0.717, 1.165) is 24.4 Å². The van der Waals surface area contributed by atoms with Crippen molar-refractivity contribution >= 4 is 10.8 Å². The Balaban J connectivity index is 2.85. The first-order valence-electron chi connectivity index (χ1n) is 5.92. The fourth-order valence-corrected chi connectivity index (χ4v) is 2.38. The van der Waals surface area contributed by atoms with Crippen LogP contribution in [0.25, 0.3) is 0 Å². The molecule has 0 aliphatic carbocycles. The van der Waals surface area contributed by atoms with Crippen LogP contribution in [0.1, 0.15) is 25.0 Å². The predicted octanol–water partition coefficient (Wildman–Crippen LogP) is 2.07. The highest BCUT2D eigenvalue weighted by Crippen LogP contribution is 2.21. The highest BCUT2D eigenvalue weighted by atomic mass is 32.2. The molecule has 0 radical (unpaired) electrons. The average Bonchev–Trinajstić information content (AvgIpc) is 2.36. The fourth-order valence-electron chi connectivity index (χ4n) is 1.60. The van der Waals surface area contributed by atoms with Gasteiger partial charge in [-0.2, -0.15) is 0 Å². The summed E-state index contributed by atoms with van der Waals surface area (Å²) in [5.41, 5.74) is 2.24. The minimum Gasteiger partial charge on any atom is -0.496 e. The molecule has 1 atom stereocenters. The number of nitrogens with one attached hydrogen (secondary N) is 1. The van der Waals surface area contributed by atoms with Gasteiger partial charge in [-0.1, -0.05) is 19.9 Å². The number of ether oxygens (including phenoxy) is 1. The van der Waals surface area contributed by atoms with Crippen LogP contribution in [-0.2, 0) is 23.1 Å². The molecule has 1 aromatic rings. The molecule has 0 aromatic heterocycles. The molecular formula is C13H21NO2S. The van der Waals surface area contributed by atoms with Crippen molar-refractivity contribution in [2.45, 2.75) is 26.1 Å². The van der Waals surface area contributed by atoms with Crippen molar-refractivity contribution in [2.75, 3.05) is 19.4 Å². The van der Waals surface area contributed by atoms with Crippen LogP contribution in [-0.4, -0.2) is 23.6 Å². The molecule has 0 bridgehead atoms. The number of hydrogen-bond acceptors (Lipinski definition) is 3. The molecule has 0 saturated heterocycles. The normalized spacial score (nSPS) is 12.4. The first-order chi connectivity index (χ1) is 8.21. The second-order valence-corrected chi connectivity index (χ2v) is 5.55. The number of hydrogen-bond donors (Lipinski definition) is 1. The maximum atomic E-state index is 11.6. The smallest absolute Gasteiger partial charge is 0.123 e. The molecule has 0 fully saturated rings. The minimum absolute atomic E-state index is 0.569. The summed E-state index contributed by atoms with van der Waals surface area (Å²) in [5.74, 6) is 2.08. The van der Waals surface area contributed by atoms with Crippen LogP contribution in [0.3, 0.4) is 0 Å². The maximum Gasteiger partial charge on any atom is 0.123 e. The van der Waals surface area contributed by atoms with Gasteiger partial charge in [0, 0.05) is 28.7 Å². The Labute approximate surface area is 106 Å². The summed E-state index contributed by atoms with van der Waals surface area (Å²) in [7, 11) is 0.846. The van der Waals surface area contributed by atoms with E-state index in [-0.39, 0.29) is 0 Å². The second kappa shape index (κ2) is 7.45. The van der Waals surface area contributed by atoms with Gasteiger partial charge in [0.15, 0.2) is 0 Å². The minimum atomic E-state index is -0.804. The van der Waals surface area contributed by atoms with E-state index in [0.29, 0.717) is 11.5 Å². The van der Waals surface area contributed by atoms with Gasteiger partial charge in [0.05, 0.1) is 12.9 Å². The Morgan fingerprint density at radius 3 is 2.71 bits per heavy atom. The van der Waals surface area contributed by atoms with Gasteiger partial charge in [-0.3, -0.25) is 4.21 Å². The zero-order valence-electron chi connectivity index (χ0n) is 10.8. The van der Waals surface area contributed by atoms with Crippen LogP contribution in [0, 0.1) is 0 Å². The van der Waals surface area contributed by atoms with Crippen LogP contribution in [0.2, 0.25) is 0 Å². The summed E-state index contributed by atoms with van der Waals surface area (Å²) < 4.78 is 16.9. The number of benzene rings is 1. The molecule has 0 aliphatic rings. The lowest BCUT2D eigenvalue weighted by Gasteiger charge is -2.10.